The number of fused-ring (bicyclic) bond motifs is 2. The molecule has 2 aliphatic rings. The highest BCUT2D eigenvalue weighted by atomic mass is 16.6. The Labute approximate surface area is 293 Å². The second kappa shape index (κ2) is 13.2. The Morgan fingerprint density at radius 2 is 1.30 bits per heavy atom. The van der Waals surface area contributed by atoms with Crippen molar-refractivity contribution in [3.8, 4) is 0 Å². The number of rotatable bonds is 4. The third-order valence-electron chi connectivity index (χ3n) is 7.00. The Morgan fingerprint density at radius 3 is 1.80 bits per heavy atom. The fourth-order valence-electron chi connectivity index (χ4n) is 5.34. The number of amides is 2. The molecule has 1 unspecified atom stereocenters. The third kappa shape index (κ3) is 8.68. The predicted octanol–water partition coefficient (Wildman–Crippen LogP) is 7.08. The SMILES string of the molecule is CN1C=C2C=C(c3cc4cc(CO)ccc4n3C(=O)OC(C)(C)C)C=C(N(C(=O)OC(C)(C)C)C(=O)OC(C)(C)C)N2C1C(=O)OC(C)(C)C. The lowest BCUT2D eigenvalue weighted by atomic mass is 10.1. The number of hydrogen-bond acceptors (Lipinski definition) is 11. The average molecular weight is 695 g/mol. The molecule has 1 aromatic heterocycles. The number of allylic oxidation sites excluding steroid dienone is 3. The molecule has 1 aromatic carbocycles. The van der Waals surface area contributed by atoms with Crippen LogP contribution in [0.3, 0.4) is 0 Å². The summed E-state index contributed by atoms with van der Waals surface area (Å²) in [6.45, 7) is 20.3. The minimum absolute atomic E-state index is 0.0745. The molecule has 0 saturated heterocycles. The molecule has 1 atom stereocenters. The summed E-state index contributed by atoms with van der Waals surface area (Å²) in [4.78, 5) is 59.5. The van der Waals surface area contributed by atoms with Gasteiger partial charge in [-0.1, -0.05) is 6.07 Å². The number of hydrogen-bond donors (Lipinski definition) is 1. The predicted molar refractivity (Wildman–Crippen MR) is 187 cm³/mol. The van der Waals surface area contributed by atoms with Crippen molar-refractivity contribution in [3.05, 3.63) is 65.4 Å². The average Bonchev–Trinajstić information content (AvgIpc) is 3.46. The molecular weight excluding hydrogens is 644 g/mol. The van der Waals surface area contributed by atoms with Crippen LogP contribution in [0, 0.1) is 0 Å². The van der Waals surface area contributed by atoms with Crippen LogP contribution in [-0.2, 0) is 30.3 Å². The molecule has 2 amide bonds. The number of ether oxygens (including phenoxy) is 4. The van der Waals surface area contributed by atoms with Crippen molar-refractivity contribution in [2.24, 2.45) is 0 Å². The van der Waals surface area contributed by atoms with Crippen LogP contribution in [0.4, 0.5) is 14.4 Å². The number of benzene rings is 1. The first-order valence-electron chi connectivity index (χ1n) is 16.4. The number of aromatic nitrogens is 1. The van der Waals surface area contributed by atoms with E-state index >= 15 is 0 Å². The maximum atomic E-state index is 14.0. The lowest BCUT2D eigenvalue weighted by Crippen LogP contribution is -2.53. The van der Waals surface area contributed by atoms with Gasteiger partial charge < -0.3 is 29.0 Å². The molecule has 0 radical (unpaired) electrons. The molecule has 2 aromatic rings. The first-order valence-corrected chi connectivity index (χ1v) is 16.4. The van der Waals surface area contributed by atoms with E-state index in [0.29, 0.717) is 33.4 Å². The minimum Gasteiger partial charge on any atom is -0.457 e. The molecule has 0 fully saturated rings. The Balaban J connectivity index is 2.03. The molecule has 4 rings (SSSR count). The Bertz CT molecular complexity index is 1760. The summed E-state index contributed by atoms with van der Waals surface area (Å²) in [6, 6.07) is 6.93. The molecule has 1 N–H and O–H groups in total. The maximum Gasteiger partial charge on any atom is 0.425 e. The molecule has 272 valence electrons. The molecule has 0 bridgehead atoms. The van der Waals surface area contributed by atoms with Gasteiger partial charge in [-0.3, -0.25) is 4.90 Å². The van der Waals surface area contributed by atoms with E-state index < -0.39 is 52.8 Å². The van der Waals surface area contributed by atoms with E-state index in [4.69, 9.17) is 18.9 Å². The van der Waals surface area contributed by atoms with E-state index in [-0.39, 0.29) is 12.4 Å². The second-order valence-corrected chi connectivity index (χ2v) is 16.3. The van der Waals surface area contributed by atoms with Crippen molar-refractivity contribution in [2.45, 2.75) is 118 Å². The standard InChI is InChI=1S/C37H50N4O9/c1-34(2,3)47-30(43)29-38(13)20-25-17-24(19-28(39(25)29)41(32(45)49-36(7,8)9)33(46)50-37(10,11)12)27-18-23-16-22(21-42)14-15-26(23)40(27)31(44)48-35(4,5)6/h14-20,29,42H,21H2,1-13H3. The Hall–Kier alpha value is -4.78. The van der Waals surface area contributed by atoms with E-state index in [2.05, 4.69) is 0 Å². The van der Waals surface area contributed by atoms with Gasteiger partial charge in [0.1, 0.15) is 28.2 Å². The third-order valence-corrected chi connectivity index (χ3v) is 7.00. The number of carbonyl (C=O) groups excluding carboxylic acids is 4. The zero-order valence-electron chi connectivity index (χ0n) is 31.3. The van der Waals surface area contributed by atoms with Gasteiger partial charge in [0.15, 0.2) is 0 Å². The molecule has 2 aliphatic heterocycles. The molecule has 13 nitrogen and oxygen atoms in total. The number of aliphatic hydroxyl groups excluding tert-OH is 1. The number of imide groups is 1. The van der Waals surface area contributed by atoms with Crippen LogP contribution in [0.2, 0.25) is 0 Å². The molecule has 13 heteroatoms. The van der Waals surface area contributed by atoms with E-state index in [0.717, 1.165) is 4.90 Å². The first kappa shape index (κ1) is 38.0. The number of likely N-dealkylation sites (N-methyl/N-ethyl adjacent to an activating group) is 1. The van der Waals surface area contributed by atoms with Gasteiger partial charge in [0.05, 0.1) is 23.5 Å². The van der Waals surface area contributed by atoms with Gasteiger partial charge in [0, 0.05) is 24.2 Å². The molecule has 3 heterocycles. The van der Waals surface area contributed by atoms with Gasteiger partial charge >= 0.3 is 24.2 Å². The fraction of sp³-hybridized carbons (Fsp3) is 0.514. The van der Waals surface area contributed by atoms with Gasteiger partial charge in [-0.25, -0.2) is 23.7 Å². The Morgan fingerprint density at radius 1 is 0.760 bits per heavy atom. The monoisotopic (exact) mass is 694 g/mol. The van der Waals surface area contributed by atoms with Gasteiger partial charge in [0.2, 0.25) is 6.17 Å². The van der Waals surface area contributed by atoms with Crippen LogP contribution in [0.15, 0.2) is 54.1 Å². The zero-order valence-corrected chi connectivity index (χ0v) is 31.3. The normalized spacial score (nSPS) is 16.7. The van der Waals surface area contributed by atoms with E-state index in [1.165, 1.54) is 15.5 Å². The summed E-state index contributed by atoms with van der Waals surface area (Å²) < 4.78 is 24.4. The topological polar surface area (TPSA) is 140 Å². The summed E-state index contributed by atoms with van der Waals surface area (Å²) in [5.41, 5.74) is -1.41. The summed E-state index contributed by atoms with van der Waals surface area (Å²) in [7, 11) is 1.67. The van der Waals surface area contributed by atoms with E-state index in [9.17, 15) is 24.3 Å². The van der Waals surface area contributed by atoms with E-state index in [1.807, 2.05) is 0 Å². The van der Waals surface area contributed by atoms with Crippen molar-refractivity contribution in [2.75, 3.05) is 7.05 Å². The number of aliphatic hydroxyl groups is 1. The summed E-state index contributed by atoms with van der Waals surface area (Å²) in [6.07, 6.45) is 1.03. The first-order chi connectivity index (χ1) is 22.8. The van der Waals surface area contributed by atoms with Crippen LogP contribution in [0.25, 0.3) is 16.5 Å². The largest absolute Gasteiger partial charge is 0.457 e. The van der Waals surface area contributed by atoms with Crippen molar-refractivity contribution in [1.82, 2.24) is 19.3 Å². The number of esters is 1. The van der Waals surface area contributed by atoms with E-state index in [1.54, 1.807) is 132 Å². The van der Waals surface area contributed by atoms with Crippen molar-refractivity contribution < 1.29 is 43.2 Å². The molecule has 0 saturated carbocycles. The van der Waals surface area contributed by atoms with Gasteiger partial charge in [-0.15, -0.1) is 0 Å². The number of nitrogens with zero attached hydrogens (tertiary/aromatic N) is 4. The second-order valence-electron chi connectivity index (χ2n) is 16.3. The molecule has 0 spiro atoms. The van der Waals surface area contributed by atoms with Crippen molar-refractivity contribution in [3.63, 3.8) is 0 Å². The zero-order chi connectivity index (χ0) is 37.7. The quantitative estimate of drug-likeness (QED) is 0.259. The molecule has 50 heavy (non-hydrogen) atoms. The van der Waals surface area contributed by atoms with Crippen LogP contribution in [0.5, 0.6) is 0 Å². The van der Waals surface area contributed by atoms with Crippen LogP contribution < -0.4 is 0 Å². The van der Waals surface area contributed by atoms with Gasteiger partial charge in [-0.05, 0) is 119 Å². The van der Waals surface area contributed by atoms with Gasteiger partial charge in [-0.2, -0.15) is 4.90 Å². The fourth-order valence-corrected chi connectivity index (χ4v) is 5.34. The highest BCUT2D eigenvalue weighted by Crippen LogP contribution is 2.40. The summed E-state index contributed by atoms with van der Waals surface area (Å²) in [5, 5.41) is 10.5. The van der Waals surface area contributed by atoms with Crippen molar-refractivity contribution in [1.29, 1.82) is 0 Å². The highest BCUT2D eigenvalue weighted by Gasteiger charge is 2.47. The lowest BCUT2D eigenvalue weighted by molar-refractivity contribution is -0.164. The van der Waals surface area contributed by atoms with Gasteiger partial charge in [0.25, 0.3) is 0 Å². The lowest BCUT2D eigenvalue weighted by Gasteiger charge is -2.39. The smallest absolute Gasteiger partial charge is 0.425 e. The van der Waals surface area contributed by atoms with Crippen LogP contribution in [0.1, 0.15) is 94.3 Å². The van der Waals surface area contributed by atoms with Crippen LogP contribution in [-0.4, -0.2) is 84.2 Å². The minimum atomic E-state index is -1.13. The molecule has 0 aliphatic carbocycles. The van der Waals surface area contributed by atoms with Crippen LogP contribution >= 0.6 is 0 Å². The maximum absolute atomic E-state index is 14.0. The highest BCUT2D eigenvalue weighted by molar-refractivity contribution is 5.98. The molecular formula is C37H50N4O9. The summed E-state index contributed by atoms with van der Waals surface area (Å²) in [5.74, 6) is -0.712. The summed E-state index contributed by atoms with van der Waals surface area (Å²) >= 11 is 0. The number of carbonyl (C=O) groups is 4. The van der Waals surface area contributed by atoms with Crippen molar-refractivity contribution >= 4 is 40.7 Å². The Kier molecular flexibility index (Phi) is 10.0.